The van der Waals surface area contributed by atoms with E-state index in [-0.39, 0.29) is 22.4 Å². The molecule has 2 aromatic carbocycles. The summed E-state index contributed by atoms with van der Waals surface area (Å²) >= 11 is 11.4. The molecule has 0 aliphatic heterocycles. The maximum absolute atomic E-state index is 13.2. The number of aliphatic hydroxyl groups is 1. The second kappa shape index (κ2) is 7.51. The van der Waals surface area contributed by atoms with Crippen LogP contribution in [0, 0.1) is 5.82 Å². The normalized spacial score (nSPS) is 14.4. The van der Waals surface area contributed by atoms with Gasteiger partial charge in [-0.05, 0) is 43.3 Å². The fraction of sp³-hybridized carbons (Fsp3) is 0.188. The van der Waals surface area contributed by atoms with Crippen LogP contribution < -0.4 is 5.32 Å². The van der Waals surface area contributed by atoms with Crippen molar-refractivity contribution in [2.75, 3.05) is 5.32 Å². The monoisotopic (exact) mass is 459 g/mol. The molecule has 12 heteroatoms. The minimum Gasteiger partial charge on any atom is -0.373 e. The number of benzene rings is 2. The Labute approximate surface area is 166 Å². The van der Waals surface area contributed by atoms with E-state index in [1.807, 2.05) is 0 Å². The van der Waals surface area contributed by atoms with Gasteiger partial charge >= 0.3 is 6.18 Å². The number of hydrogen-bond donors (Lipinski definition) is 2. The number of carbonyl (C=O) groups is 1. The van der Waals surface area contributed by atoms with Crippen LogP contribution in [0.2, 0.25) is 10.0 Å². The predicted molar refractivity (Wildman–Crippen MR) is 93.6 cm³/mol. The van der Waals surface area contributed by atoms with Crippen molar-refractivity contribution in [3.05, 3.63) is 52.3 Å². The van der Waals surface area contributed by atoms with E-state index in [2.05, 4.69) is 0 Å². The molecule has 0 bridgehead atoms. The number of sulfone groups is 1. The molecule has 0 aliphatic rings. The molecular formula is C16H11Cl2F4NO4S. The highest BCUT2D eigenvalue weighted by molar-refractivity contribution is 7.91. The first-order valence-electron chi connectivity index (χ1n) is 7.28. The Morgan fingerprint density at radius 1 is 1.04 bits per heavy atom. The van der Waals surface area contributed by atoms with Crippen LogP contribution in [0.5, 0.6) is 0 Å². The maximum Gasteiger partial charge on any atom is 0.426 e. The van der Waals surface area contributed by atoms with Gasteiger partial charge in [0.05, 0.1) is 25.5 Å². The molecule has 2 rings (SSSR count). The van der Waals surface area contributed by atoms with E-state index in [9.17, 15) is 35.9 Å². The van der Waals surface area contributed by atoms with E-state index in [0.717, 1.165) is 36.4 Å². The highest BCUT2D eigenvalue weighted by Gasteiger charge is 2.55. The second-order valence-corrected chi connectivity index (χ2v) is 8.51. The molecule has 0 unspecified atom stereocenters. The van der Waals surface area contributed by atoms with Gasteiger partial charge in [0, 0.05) is 0 Å². The number of amides is 1. The third-order valence-corrected chi connectivity index (χ3v) is 6.05. The summed E-state index contributed by atoms with van der Waals surface area (Å²) in [5.41, 5.74) is -4.04. The minimum absolute atomic E-state index is 0.257. The molecule has 1 atom stereocenters. The molecule has 1 amide bonds. The molecule has 28 heavy (non-hydrogen) atoms. The zero-order valence-corrected chi connectivity index (χ0v) is 16.1. The summed E-state index contributed by atoms with van der Waals surface area (Å²) in [6.07, 6.45) is -5.24. The summed E-state index contributed by atoms with van der Waals surface area (Å²) in [5, 5.41) is 10.3. The Kier molecular flexibility index (Phi) is 6.01. The minimum atomic E-state index is -5.24. The SMILES string of the molecule is C[C@@](O)(C(=O)Nc1ccc(S(=O)(=O)c2ccc(F)c(Cl)c2)cc1Cl)C(F)(F)F. The van der Waals surface area contributed by atoms with Crippen molar-refractivity contribution in [3.63, 3.8) is 0 Å². The Morgan fingerprint density at radius 3 is 2.00 bits per heavy atom. The first kappa shape index (κ1) is 22.4. The molecule has 5 nitrogen and oxygen atoms in total. The lowest BCUT2D eigenvalue weighted by molar-refractivity contribution is -0.242. The van der Waals surface area contributed by atoms with Gasteiger partial charge in [-0.2, -0.15) is 13.2 Å². The van der Waals surface area contributed by atoms with Crippen molar-refractivity contribution >= 4 is 44.6 Å². The van der Waals surface area contributed by atoms with Crippen molar-refractivity contribution in [1.29, 1.82) is 0 Å². The average Bonchev–Trinajstić information content (AvgIpc) is 2.57. The number of hydrogen-bond acceptors (Lipinski definition) is 4. The molecule has 152 valence electrons. The lowest BCUT2D eigenvalue weighted by atomic mass is 10.1. The first-order valence-corrected chi connectivity index (χ1v) is 9.52. The first-order chi connectivity index (χ1) is 12.7. The molecule has 2 N–H and O–H groups in total. The van der Waals surface area contributed by atoms with Crippen LogP contribution in [0.25, 0.3) is 0 Å². The Bertz CT molecular complexity index is 1040. The van der Waals surface area contributed by atoms with Gasteiger partial charge in [0.2, 0.25) is 15.4 Å². The molecule has 0 saturated carbocycles. The van der Waals surface area contributed by atoms with E-state index >= 15 is 0 Å². The lowest BCUT2D eigenvalue weighted by Gasteiger charge is -2.25. The van der Waals surface area contributed by atoms with Crippen molar-refractivity contribution in [3.8, 4) is 0 Å². The Hall–Kier alpha value is -1.88. The largest absolute Gasteiger partial charge is 0.426 e. The Morgan fingerprint density at radius 2 is 1.54 bits per heavy atom. The van der Waals surface area contributed by atoms with Crippen LogP contribution in [-0.2, 0) is 14.6 Å². The van der Waals surface area contributed by atoms with Gasteiger partial charge in [0.1, 0.15) is 5.82 Å². The molecule has 0 heterocycles. The molecule has 0 saturated heterocycles. The molecule has 2 aromatic rings. The molecular weight excluding hydrogens is 449 g/mol. The molecule has 0 radical (unpaired) electrons. The van der Waals surface area contributed by atoms with Crippen molar-refractivity contribution in [1.82, 2.24) is 0 Å². The number of halogens is 6. The van der Waals surface area contributed by atoms with Gasteiger partial charge in [-0.25, -0.2) is 12.8 Å². The number of carbonyl (C=O) groups excluding carboxylic acids is 1. The second-order valence-electron chi connectivity index (χ2n) is 5.75. The zero-order chi connectivity index (χ0) is 21.5. The van der Waals surface area contributed by atoms with E-state index < -0.39 is 43.4 Å². The van der Waals surface area contributed by atoms with Gasteiger partial charge in [0.15, 0.2) is 0 Å². The summed E-state index contributed by atoms with van der Waals surface area (Å²) in [5.74, 6) is -2.63. The summed E-state index contributed by atoms with van der Waals surface area (Å²) in [4.78, 5) is 11.0. The van der Waals surface area contributed by atoms with Gasteiger partial charge < -0.3 is 10.4 Å². The average molecular weight is 460 g/mol. The number of rotatable bonds is 4. The van der Waals surface area contributed by atoms with Gasteiger partial charge in [-0.1, -0.05) is 23.2 Å². The summed E-state index contributed by atoms with van der Waals surface area (Å²) in [6, 6.07) is 5.51. The van der Waals surface area contributed by atoms with E-state index in [1.165, 1.54) is 0 Å². The van der Waals surface area contributed by atoms with Crippen LogP contribution in [0.4, 0.5) is 23.2 Å². The predicted octanol–water partition coefficient (Wildman–Crippen LogP) is 4.22. The smallest absolute Gasteiger partial charge is 0.373 e. The molecule has 0 aliphatic carbocycles. The zero-order valence-electron chi connectivity index (χ0n) is 13.8. The number of anilines is 1. The number of nitrogens with one attached hydrogen (secondary N) is 1. The summed E-state index contributed by atoms with van der Waals surface area (Å²) in [6.45, 7) is 0.257. The van der Waals surface area contributed by atoms with Crippen LogP contribution in [-0.4, -0.2) is 31.2 Å². The molecule has 0 spiro atoms. The fourth-order valence-electron chi connectivity index (χ4n) is 1.92. The molecule has 0 aromatic heterocycles. The van der Waals surface area contributed by atoms with Gasteiger partial charge in [-0.15, -0.1) is 0 Å². The topological polar surface area (TPSA) is 83.5 Å². The highest BCUT2D eigenvalue weighted by Crippen LogP contribution is 2.33. The van der Waals surface area contributed by atoms with Crippen LogP contribution in [0.3, 0.4) is 0 Å². The highest BCUT2D eigenvalue weighted by atomic mass is 35.5. The van der Waals surface area contributed by atoms with Gasteiger partial charge in [0.25, 0.3) is 5.91 Å². The molecule has 0 fully saturated rings. The summed E-state index contributed by atoms with van der Waals surface area (Å²) < 4.78 is 76.4. The fourth-order valence-corrected chi connectivity index (χ4v) is 3.77. The van der Waals surface area contributed by atoms with E-state index in [1.54, 1.807) is 5.32 Å². The third kappa shape index (κ3) is 4.24. The quantitative estimate of drug-likeness (QED) is 0.529. The summed E-state index contributed by atoms with van der Waals surface area (Å²) in [7, 11) is -4.18. The third-order valence-electron chi connectivity index (χ3n) is 3.69. The maximum atomic E-state index is 13.2. The lowest BCUT2D eigenvalue weighted by Crippen LogP contribution is -2.52. The van der Waals surface area contributed by atoms with E-state index in [4.69, 9.17) is 23.2 Å². The standard InChI is InChI=1S/C16H11Cl2F4NO4S/c1-15(25,16(20,21)22)14(24)23-13-5-3-9(7-11(13)18)28(26,27)8-2-4-12(19)10(17)6-8/h2-7,25H,1H3,(H,23,24)/t15-/m1/s1. The number of alkyl halides is 3. The van der Waals surface area contributed by atoms with Gasteiger partial charge in [-0.3, -0.25) is 4.79 Å². The van der Waals surface area contributed by atoms with Crippen molar-refractivity contribution in [2.24, 2.45) is 0 Å². The van der Waals surface area contributed by atoms with Crippen LogP contribution in [0.1, 0.15) is 6.92 Å². The Balaban J connectivity index is 2.36. The van der Waals surface area contributed by atoms with Crippen molar-refractivity contribution in [2.45, 2.75) is 28.5 Å². The van der Waals surface area contributed by atoms with E-state index in [0.29, 0.717) is 0 Å². The van der Waals surface area contributed by atoms with Crippen molar-refractivity contribution < 1.29 is 35.9 Å². The van der Waals surface area contributed by atoms with Crippen LogP contribution in [0.15, 0.2) is 46.2 Å². The van der Waals surface area contributed by atoms with Crippen LogP contribution >= 0.6 is 23.2 Å².